The van der Waals surface area contributed by atoms with Crippen LogP contribution in [0.3, 0.4) is 0 Å². The van der Waals surface area contributed by atoms with E-state index in [0.717, 1.165) is 33.9 Å². The van der Waals surface area contributed by atoms with Gasteiger partial charge < -0.3 is 24.4 Å². The largest absolute Gasteiger partial charge is 0.478 e. The molecule has 0 saturated heterocycles. The fourth-order valence-electron chi connectivity index (χ4n) is 8.74. The van der Waals surface area contributed by atoms with Crippen LogP contribution in [0.15, 0.2) is 146 Å². The van der Waals surface area contributed by atoms with Crippen LogP contribution < -0.4 is 9.47 Å². The second kappa shape index (κ2) is 20.9. The molecule has 2 heterocycles. The molecule has 0 fully saturated rings. The lowest BCUT2D eigenvalue weighted by Gasteiger charge is -2.40. The van der Waals surface area contributed by atoms with E-state index in [-0.39, 0.29) is 43.2 Å². The first-order valence-electron chi connectivity index (χ1n) is 21.7. The van der Waals surface area contributed by atoms with E-state index in [4.69, 9.17) is 30.7 Å². The number of nitrogens with zero attached hydrogens (tertiary/aromatic N) is 4. The molecule has 0 radical (unpaired) electrons. The number of rotatable bonds is 14. The minimum absolute atomic E-state index is 0.0405. The number of urea groups is 2. The molecule has 4 amide bonds. The minimum Gasteiger partial charge on any atom is -0.478 e. The summed E-state index contributed by atoms with van der Waals surface area (Å²) in [7, 11) is 2.81. The molecule has 15 heteroatoms. The standard InChI is InChI=1S/C52H48ClFN4O9/c1-64-57(32-34-13-5-3-6-14-34)51(62)55-27-25-36-17-9-11-19-40(36)48(55)42-29-38(53)21-23-45(42)67-47(59)31-46(50(60)61)66-44-24-22-39(54)30-43(44)49-41-20-12-10-18-37(41)26-28-56(49)52(63)58(65-2)33-35-15-7-4-8-16-35/h3-24,29-30,46,48-49H,25-28,31-33H2,1-2H3,(H,60,61). The highest BCUT2D eigenvalue weighted by Crippen LogP contribution is 2.43. The van der Waals surface area contributed by atoms with Gasteiger partial charge in [-0.25, -0.2) is 18.8 Å². The Hall–Kier alpha value is -7.26. The Morgan fingerprint density at radius 1 is 0.642 bits per heavy atom. The summed E-state index contributed by atoms with van der Waals surface area (Å²) in [6.45, 7) is 0.781. The van der Waals surface area contributed by atoms with E-state index in [1.165, 1.54) is 53.5 Å². The molecule has 2 aliphatic heterocycles. The number of carbonyl (C=O) groups is 4. The fraction of sp³-hybridized carbons (Fsp3) is 0.231. The van der Waals surface area contributed by atoms with E-state index in [2.05, 4.69) is 0 Å². The number of esters is 1. The Morgan fingerprint density at radius 3 is 1.63 bits per heavy atom. The van der Waals surface area contributed by atoms with Gasteiger partial charge in [0.25, 0.3) is 0 Å². The first-order chi connectivity index (χ1) is 32.5. The number of aliphatic carboxylic acids is 1. The van der Waals surface area contributed by atoms with Crippen LogP contribution in [0.1, 0.15) is 63.0 Å². The lowest BCUT2D eigenvalue weighted by atomic mass is 9.88. The first kappa shape index (κ1) is 46.3. The normalized spacial score (nSPS) is 15.7. The number of hydrogen-bond donors (Lipinski definition) is 1. The zero-order valence-corrected chi connectivity index (χ0v) is 37.6. The van der Waals surface area contributed by atoms with Gasteiger partial charge in [0.15, 0.2) is 0 Å². The SMILES string of the molecule is CON(Cc1ccccc1)C(=O)N1CCc2ccccc2C1c1cc(Cl)ccc1OC(=O)CC(Oc1ccc(F)cc1C1c2ccccc2CCN1C(=O)N(Cc1ccccc1)OC)C(=O)O. The lowest BCUT2D eigenvalue weighted by Crippen LogP contribution is -2.47. The van der Waals surface area contributed by atoms with Gasteiger partial charge in [0.05, 0.1) is 45.8 Å². The van der Waals surface area contributed by atoms with Gasteiger partial charge in [0.1, 0.15) is 17.3 Å². The summed E-state index contributed by atoms with van der Waals surface area (Å²) in [5.41, 5.74) is 5.54. The molecule has 0 aromatic heterocycles. The van der Waals surface area contributed by atoms with E-state index < -0.39 is 54.4 Å². The van der Waals surface area contributed by atoms with Crippen molar-refractivity contribution in [3.8, 4) is 11.5 Å². The average Bonchev–Trinajstić information content (AvgIpc) is 3.35. The van der Waals surface area contributed by atoms with Gasteiger partial charge in [0, 0.05) is 29.2 Å². The molecule has 2 aliphatic rings. The van der Waals surface area contributed by atoms with Gasteiger partial charge in [-0.15, -0.1) is 0 Å². The Bertz CT molecular complexity index is 2750. The number of carboxylic acids is 1. The Labute approximate surface area is 392 Å². The van der Waals surface area contributed by atoms with Crippen molar-refractivity contribution in [2.45, 2.75) is 50.5 Å². The molecular weight excluding hydrogens is 879 g/mol. The maximum Gasteiger partial charge on any atom is 0.345 e. The number of carbonyl (C=O) groups excluding carboxylic acids is 3. The maximum absolute atomic E-state index is 15.4. The molecule has 1 N–H and O–H groups in total. The Morgan fingerprint density at radius 2 is 1.12 bits per heavy atom. The van der Waals surface area contributed by atoms with Crippen molar-refractivity contribution in [2.24, 2.45) is 0 Å². The number of fused-ring (bicyclic) bond motifs is 2. The summed E-state index contributed by atoms with van der Waals surface area (Å²) in [5, 5.41) is 13.3. The summed E-state index contributed by atoms with van der Waals surface area (Å²) in [6.07, 6.45) is -1.59. The minimum atomic E-state index is -1.83. The van der Waals surface area contributed by atoms with Gasteiger partial charge in [-0.3, -0.25) is 14.5 Å². The smallest absolute Gasteiger partial charge is 0.345 e. The number of halogens is 2. The van der Waals surface area contributed by atoms with E-state index in [1.54, 1.807) is 17.0 Å². The molecule has 6 aromatic carbocycles. The molecule has 0 saturated carbocycles. The molecule has 0 spiro atoms. The summed E-state index contributed by atoms with van der Waals surface area (Å²) in [5.74, 6) is -3.14. The third-order valence-corrected chi connectivity index (χ3v) is 12.2. The van der Waals surface area contributed by atoms with Crippen molar-refractivity contribution in [1.29, 1.82) is 0 Å². The molecule has 3 atom stereocenters. The van der Waals surface area contributed by atoms with Crippen LogP contribution in [-0.2, 0) is 45.2 Å². The topological polar surface area (TPSA) is 138 Å². The molecule has 3 unspecified atom stereocenters. The molecule has 67 heavy (non-hydrogen) atoms. The lowest BCUT2D eigenvalue weighted by molar-refractivity contribution is -0.150. The highest BCUT2D eigenvalue weighted by atomic mass is 35.5. The van der Waals surface area contributed by atoms with Crippen molar-refractivity contribution in [1.82, 2.24) is 19.9 Å². The molecule has 344 valence electrons. The van der Waals surface area contributed by atoms with Gasteiger partial charge in [-0.2, -0.15) is 10.1 Å². The highest BCUT2D eigenvalue weighted by molar-refractivity contribution is 6.30. The van der Waals surface area contributed by atoms with Crippen molar-refractivity contribution in [2.75, 3.05) is 27.3 Å². The number of ether oxygens (including phenoxy) is 2. The monoisotopic (exact) mass is 926 g/mol. The quantitative estimate of drug-likeness (QED) is 0.0643. The van der Waals surface area contributed by atoms with E-state index >= 15 is 4.39 Å². The zero-order valence-electron chi connectivity index (χ0n) is 36.8. The van der Waals surface area contributed by atoms with Crippen LogP contribution >= 0.6 is 11.6 Å². The van der Waals surface area contributed by atoms with Gasteiger partial charge in [0.2, 0.25) is 6.10 Å². The number of hydroxylamine groups is 4. The first-order valence-corrected chi connectivity index (χ1v) is 22.1. The van der Waals surface area contributed by atoms with Crippen LogP contribution in [0.2, 0.25) is 5.02 Å². The molecule has 8 rings (SSSR count). The molecular formula is C52H48ClFN4O9. The Balaban J connectivity index is 1.08. The van der Waals surface area contributed by atoms with Crippen LogP contribution in [0.5, 0.6) is 11.5 Å². The second-order valence-corrected chi connectivity index (χ2v) is 16.5. The van der Waals surface area contributed by atoms with Crippen molar-refractivity contribution < 1.29 is 47.8 Å². The van der Waals surface area contributed by atoms with Crippen LogP contribution in [0.4, 0.5) is 14.0 Å². The fourth-order valence-corrected chi connectivity index (χ4v) is 8.92. The zero-order chi connectivity index (χ0) is 47.0. The van der Waals surface area contributed by atoms with Crippen molar-refractivity contribution in [3.05, 3.63) is 201 Å². The summed E-state index contributed by atoms with van der Waals surface area (Å²) < 4.78 is 27.5. The molecule has 6 aromatic rings. The van der Waals surface area contributed by atoms with E-state index in [1.807, 2.05) is 103 Å². The molecule has 0 aliphatic carbocycles. The number of amides is 4. The van der Waals surface area contributed by atoms with Crippen LogP contribution in [-0.4, -0.2) is 82.4 Å². The van der Waals surface area contributed by atoms with Gasteiger partial charge >= 0.3 is 24.0 Å². The number of hydrogen-bond acceptors (Lipinski definition) is 8. The van der Waals surface area contributed by atoms with Crippen LogP contribution in [0, 0.1) is 5.82 Å². The predicted molar refractivity (Wildman–Crippen MR) is 246 cm³/mol. The molecule has 13 nitrogen and oxygen atoms in total. The Kier molecular flexibility index (Phi) is 14.5. The van der Waals surface area contributed by atoms with Crippen molar-refractivity contribution >= 4 is 35.6 Å². The summed E-state index contributed by atoms with van der Waals surface area (Å²) in [4.78, 5) is 70.1. The van der Waals surface area contributed by atoms with E-state index in [9.17, 15) is 24.3 Å². The average molecular weight is 927 g/mol. The third-order valence-electron chi connectivity index (χ3n) is 11.9. The van der Waals surface area contributed by atoms with Gasteiger partial charge in [-0.1, -0.05) is 121 Å². The van der Waals surface area contributed by atoms with E-state index in [0.29, 0.717) is 29.0 Å². The van der Waals surface area contributed by atoms with Crippen LogP contribution in [0.25, 0.3) is 0 Å². The third kappa shape index (κ3) is 10.4. The molecule has 0 bridgehead atoms. The summed E-state index contributed by atoms with van der Waals surface area (Å²) in [6, 6.07) is 39.3. The van der Waals surface area contributed by atoms with Gasteiger partial charge in [-0.05, 0) is 82.6 Å². The number of benzene rings is 6. The second-order valence-electron chi connectivity index (χ2n) is 16.1. The van der Waals surface area contributed by atoms with Crippen molar-refractivity contribution in [3.63, 3.8) is 0 Å². The highest BCUT2D eigenvalue weighted by Gasteiger charge is 2.39. The summed E-state index contributed by atoms with van der Waals surface area (Å²) >= 11 is 6.62. The predicted octanol–water partition coefficient (Wildman–Crippen LogP) is 9.57. The maximum atomic E-state index is 15.4. The number of carboxylic acid groups (broad SMARTS) is 1.